The molecule has 1 saturated carbocycles. The quantitative estimate of drug-likeness (QED) is 0.256. The highest BCUT2D eigenvalue weighted by Gasteiger charge is 2.28. The molecular formula is C32H40N4O. The number of hydrogen-bond donors (Lipinski definition) is 1. The molecule has 3 aromatic rings. The van der Waals surface area contributed by atoms with E-state index in [1.54, 1.807) is 0 Å². The third kappa shape index (κ3) is 6.18. The largest absolute Gasteiger partial charge is 0.294 e. The number of nitriles is 1. The SMILES string of the molecule is CCCC(CCCC(CC)C(=O)c1cc(-c2n[nH]c(C)n2)c(C2CCC2)cc1C)c1ccc(C#N)cc1. The highest BCUT2D eigenvalue weighted by molar-refractivity contribution is 6.00. The molecule has 4 rings (SSSR count). The second-order valence-electron chi connectivity index (χ2n) is 10.7. The van der Waals surface area contributed by atoms with E-state index in [-0.39, 0.29) is 11.7 Å². The maximum Gasteiger partial charge on any atom is 0.181 e. The number of aromatic amines is 1. The summed E-state index contributed by atoms with van der Waals surface area (Å²) in [6, 6.07) is 14.5. The number of hydrogen-bond acceptors (Lipinski definition) is 4. The van der Waals surface area contributed by atoms with Crippen LogP contribution in [-0.4, -0.2) is 21.0 Å². The Morgan fingerprint density at radius 2 is 1.86 bits per heavy atom. The second kappa shape index (κ2) is 12.3. The zero-order valence-electron chi connectivity index (χ0n) is 22.8. The Morgan fingerprint density at radius 3 is 2.43 bits per heavy atom. The van der Waals surface area contributed by atoms with Crippen molar-refractivity contribution < 1.29 is 4.79 Å². The molecule has 5 nitrogen and oxygen atoms in total. The van der Waals surface area contributed by atoms with Crippen molar-refractivity contribution in [3.63, 3.8) is 0 Å². The summed E-state index contributed by atoms with van der Waals surface area (Å²) in [4.78, 5) is 18.4. The van der Waals surface area contributed by atoms with Crippen molar-refractivity contribution in [3.8, 4) is 17.5 Å². The first-order valence-electron chi connectivity index (χ1n) is 14.0. The number of nitrogens with zero attached hydrogens (tertiary/aromatic N) is 3. The molecule has 37 heavy (non-hydrogen) atoms. The average molecular weight is 497 g/mol. The Bertz CT molecular complexity index is 1250. The third-order valence-electron chi connectivity index (χ3n) is 8.16. The van der Waals surface area contributed by atoms with Crippen LogP contribution in [-0.2, 0) is 0 Å². The third-order valence-corrected chi connectivity index (χ3v) is 8.16. The number of H-pyrrole nitrogens is 1. The summed E-state index contributed by atoms with van der Waals surface area (Å²) in [5.41, 5.74) is 6.20. The maximum atomic E-state index is 13.8. The summed E-state index contributed by atoms with van der Waals surface area (Å²) in [5.74, 6) is 2.76. The first kappa shape index (κ1) is 26.8. The molecule has 2 atom stereocenters. The number of carbonyl (C=O) groups excluding carboxylic acids is 1. The molecular weight excluding hydrogens is 456 g/mol. The lowest BCUT2D eigenvalue weighted by atomic mass is 9.76. The Hall–Kier alpha value is -3.26. The standard InChI is InChI=1S/C32H40N4O/c1-5-9-25(26-16-14-23(20-33)15-17-26)11-7-10-24(6-2)31(37)28-19-30(32-34-22(4)35-36-32)29(18-21(28)3)27-12-8-13-27/h14-19,24-25,27H,5-13H2,1-4H3,(H,34,35,36). The first-order chi connectivity index (χ1) is 17.9. The van der Waals surface area contributed by atoms with Crippen LogP contribution in [0.4, 0.5) is 0 Å². The Labute approximate surface area is 221 Å². The van der Waals surface area contributed by atoms with Gasteiger partial charge in [-0.25, -0.2) is 4.98 Å². The summed E-state index contributed by atoms with van der Waals surface area (Å²) in [7, 11) is 0. The number of nitrogens with one attached hydrogen (secondary N) is 1. The van der Waals surface area contributed by atoms with Gasteiger partial charge in [0.05, 0.1) is 11.6 Å². The minimum Gasteiger partial charge on any atom is -0.294 e. The van der Waals surface area contributed by atoms with Crippen molar-refractivity contribution in [2.24, 2.45) is 5.92 Å². The van der Waals surface area contributed by atoms with E-state index in [9.17, 15) is 4.79 Å². The van der Waals surface area contributed by atoms with Crippen LogP contribution in [0, 0.1) is 31.1 Å². The summed E-state index contributed by atoms with van der Waals surface area (Å²) in [6.07, 6.45) is 9.70. The van der Waals surface area contributed by atoms with Gasteiger partial charge in [0.15, 0.2) is 11.6 Å². The fourth-order valence-corrected chi connectivity index (χ4v) is 5.72. The molecule has 0 saturated heterocycles. The van der Waals surface area contributed by atoms with Gasteiger partial charge < -0.3 is 0 Å². The van der Waals surface area contributed by atoms with E-state index in [1.165, 1.54) is 30.4 Å². The van der Waals surface area contributed by atoms with Crippen LogP contribution >= 0.6 is 0 Å². The van der Waals surface area contributed by atoms with E-state index in [4.69, 9.17) is 5.26 Å². The second-order valence-corrected chi connectivity index (χ2v) is 10.7. The van der Waals surface area contributed by atoms with Gasteiger partial charge in [-0.1, -0.05) is 51.3 Å². The van der Waals surface area contributed by atoms with Crippen LogP contribution in [0.15, 0.2) is 36.4 Å². The monoisotopic (exact) mass is 496 g/mol. The summed E-state index contributed by atoms with van der Waals surface area (Å²) in [5, 5.41) is 16.5. The van der Waals surface area contributed by atoms with Crippen molar-refractivity contribution in [1.82, 2.24) is 15.2 Å². The molecule has 194 valence electrons. The van der Waals surface area contributed by atoms with E-state index in [2.05, 4.69) is 66.3 Å². The molecule has 5 heteroatoms. The van der Waals surface area contributed by atoms with Crippen LogP contribution in [0.25, 0.3) is 11.4 Å². The number of rotatable bonds is 12. The first-order valence-corrected chi connectivity index (χ1v) is 14.0. The molecule has 0 aliphatic heterocycles. The molecule has 1 fully saturated rings. The number of benzene rings is 2. The van der Waals surface area contributed by atoms with Gasteiger partial charge in [-0.2, -0.15) is 10.4 Å². The van der Waals surface area contributed by atoms with Gasteiger partial charge in [-0.05, 0) is 99.1 Å². The van der Waals surface area contributed by atoms with E-state index < -0.39 is 0 Å². The van der Waals surface area contributed by atoms with Crippen molar-refractivity contribution >= 4 is 5.78 Å². The maximum absolute atomic E-state index is 13.8. The molecule has 1 aromatic heterocycles. The van der Waals surface area contributed by atoms with Gasteiger partial charge >= 0.3 is 0 Å². The lowest BCUT2D eigenvalue weighted by Gasteiger charge is -2.28. The molecule has 1 aliphatic carbocycles. The Kier molecular flexibility index (Phi) is 8.92. The number of ketones is 1. The number of Topliss-reactive ketones (excluding diaryl/α,β-unsaturated/α-hetero) is 1. The van der Waals surface area contributed by atoms with E-state index in [1.807, 2.05) is 19.1 Å². The van der Waals surface area contributed by atoms with E-state index in [0.717, 1.165) is 61.0 Å². The van der Waals surface area contributed by atoms with Crippen LogP contribution < -0.4 is 0 Å². The van der Waals surface area contributed by atoms with Gasteiger partial charge in [0.1, 0.15) is 5.82 Å². The zero-order valence-corrected chi connectivity index (χ0v) is 22.8. The van der Waals surface area contributed by atoms with Gasteiger partial charge in [0.25, 0.3) is 0 Å². The molecule has 1 N–H and O–H groups in total. The normalized spacial score (nSPS) is 15.1. The molecule has 0 amide bonds. The van der Waals surface area contributed by atoms with Gasteiger partial charge in [-0.3, -0.25) is 9.89 Å². The van der Waals surface area contributed by atoms with Crippen LogP contribution in [0.3, 0.4) is 0 Å². The molecule has 0 radical (unpaired) electrons. The summed E-state index contributed by atoms with van der Waals surface area (Å²) < 4.78 is 0. The molecule has 1 heterocycles. The van der Waals surface area contributed by atoms with Crippen molar-refractivity contribution in [2.45, 2.75) is 97.3 Å². The highest BCUT2D eigenvalue weighted by atomic mass is 16.1. The topological polar surface area (TPSA) is 82.4 Å². The number of carbonyl (C=O) groups is 1. The van der Waals surface area contributed by atoms with E-state index >= 15 is 0 Å². The van der Waals surface area contributed by atoms with Crippen LogP contribution in [0.5, 0.6) is 0 Å². The zero-order chi connectivity index (χ0) is 26.4. The lowest BCUT2D eigenvalue weighted by Crippen LogP contribution is -2.17. The van der Waals surface area contributed by atoms with Crippen molar-refractivity contribution in [2.75, 3.05) is 0 Å². The fourth-order valence-electron chi connectivity index (χ4n) is 5.72. The molecule has 0 bridgehead atoms. The molecule has 2 aromatic carbocycles. The Balaban J connectivity index is 1.50. The Morgan fingerprint density at radius 1 is 1.11 bits per heavy atom. The van der Waals surface area contributed by atoms with E-state index in [0.29, 0.717) is 23.2 Å². The van der Waals surface area contributed by atoms with Gasteiger partial charge in [0, 0.05) is 17.0 Å². The minimum atomic E-state index is 0.0122. The molecule has 0 spiro atoms. The van der Waals surface area contributed by atoms with Gasteiger partial charge in [-0.15, -0.1) is 0 Å². The molecule has 2 unspecified atom stereocenters. The predicted molar refractivity (Wildman–Crippen MR) is 149 cm³/mol. The molecule has 1 aliphatic rings. The highest BCUT2D eigenvalue weighted by Crippen LogP contribution is 2.42. The van der Waals surface area contributed by atoms with Crippen LogP contribution in [0.2, 0.25) is 0 Å². The van der Waals surface area contributed by atoms with Crippen molar-refractivity contribution in [3.05, 3.63) is 70.0 Å². The smallest absolute Gasteiger partial charge is 0.181 e. The summed E-state index contributed by atoms with van der Waals surface area (Å²) in [6.45, 7) is 8.34. The van der Waals surface area contributed by atoms with Crippen LogP contribution in [0.1, 0.15) is 122 Å². The lowest BCUT2D eigenvalue weighted by molar-refractivity contribution is 0.0906. The fraction of sp³-hybridized carbons (Fsp3) is 0.500. The summed E-state index contributed by atoms with van der Waals surface area (Å²) >= 11 is 0. The number of aryl methyl sites for hydroxylation is 2. The predicted octanol–water partition coefficient (Wildman–Crippen LogP) is 8.19. The van der Waals surface area contributed by atoms with Gasteiger partial charge in [0.2, 0.25) is 0 Å². The number of aromatic nitrogens is 3. The average Bonchev–Trinajstić information content (AvgIpc) is 3.31. The minimum absolute atomic E-state index is 0.0122. The van der Waals surface area contributed by atoms with Crippen molar-refractivity contribution in [1.29, 1.82) is 5.26 Å².